The average Bonchev–Trinajstić information content (AvgIpc) is 2.48. The summed E-state index contributed by atoms with van der Waals surface area (Å²) in [6, 6.07) is 0. The number of thioether (sulfide) groups is 2. The molecule has 5 nitrogen and oxygen atoms in total. The van der Waals surface area contributed by atoms with Gasteiger partial charge in [-0.05, 0) is 13.0 Å². The topological polar surface area (TPSA) is 75.1 Å². The number of fused-ring (bicyclic) bond motifs is 1. The summed E-state index contributed by atoms with van der Waals surface area (Å²) in [4.78, 5) is 20.6. The molecule has 1 aromatic heterocycles. The minimum Gasteiger partial charge on any atom is -0.477 e. The Kier molecular flexibility index (Phi) is 4.42. The Balaban J connectivity index is 1.96. The van der Waals surface area contributed by atoms with Crippen LogP contribution in [0.4, 0.5) is 0 Å². The summed E-state index contributed by atoms with van der Waals surface area (Å²) in [5, 5.41) is 14.0. The zero-order valence-electron chi connectivity index (χ0n) is 12.1. The molecule has 0 amide bonds. The highest BCUT2D eigenvalue weighted by atomic mass is 32.2. The molecule has 2 aliphatic heterocycles. The van der Waals surface area contributed by atoms with Crippen LogP contribution in [0.5, 0.6) is 0 Å². The molecule has 21 heavy (non-hydrogen) atoms. The van der Waals surface area contributed by atoms with Gasteiger partial charge in [-0.15, -0.1) is 11.8 Å². The fourth-order valence-corrected chi connectivity index (χ4v) is 5.46. The number of carboxylic acid groups (broad SMARTS) is 1. The Morgan fingerprint density at radius 2 is 2.14 bits per heavy atom. The zero-order chi connectivity index (χ0) is 15.0. The van der Waals surface area contributed by atoms with Crippen LogP contribution in [0.3, 0.4) is 0 Å². The lowest BCUT2D eigenvalue weighted by Gasteiger charge is -2.31. The molecule has 114 valence electrons. The molecule has 2 N–H and O–H groups in total. The first-order valence-electron chi connectivity index (χ1n) is 7.17. The van der Waals surface area contributed by atoms with E-state index in [1.165, 1.54) is 0 Å². The van der Waals surface area contributed by atoms with Crippen molar-refractivity contribution in [1.29, 1.82) is 0 Å². The predicted octanol–water partition coefficient (Wildman–Crippen LogP) is 2.12. The van der Waals surface area contributed by atoms with E-state index < -0.39 is 5.97 Å². The highest BCUT2D eigenvalue weighted by Gasteiger charge is 2.31. The Labute approximate surface area is 132 Å². The molecule has 3 atom stereocenters. The third kappa shape index (κ3) is 3.05. The molecular weight excluding hydrogens is 306 g/mol. The van der Waals surface area contributed by atoms with Crippen LogP contribution in [0.15, 0.2) is 0 Å². The number of nitrogens with zero attached hydrogens (tertiary/aromatic N) is 2. The molecule has 3 heterocycles. The van der Waals surface area contributed by atoms with Crippen LogP contribution in [0, 0.1) is 0 Å². The van der Waals surface area contributed by atoms with Crippen molar-refractivity contribution >= 4 is 29.5 Å². The molecule has 3 rings (SSSR count). The van der Waals surface area contributed by atoms with Crippen LogP contribution in [0.2, 0.25) is 0 Å². The van der Waals surface area contributed by atoms with Crippen LogP contribution in [-0.4, -0.2) is 43.8 Å². The summed E-state index contributed by atoms with van der Waals surface area (Å²) in [5.74, 6) is 0.694. The highest BCUT2D eigenvalue weighted by molar-refractivity contribution is 8.07. The van der Waals surface area contributed by atoms with Gasteiger partial charge in [-0.1, -0.05) is 13.8 Å². The molecular formula is C14H19N3O2S2. The van der Waals surface area contributed by atoms with Crippen molar-refractivity contribution < 1.29 is 9.90 Å². The standard InChI is InChI=1S/C14H19N3O2S2/c1-7-8(2)21-11(6-20-7)13-16-10-5-15-4-3-9(10)12(17-13)14(18)19/h7-8,11,15H,3-6H2,1-2H3,(H,18,19). The van der Waals surface area contributed by atoms with E-state index >= 15 is 0 Å². The van der Waals surface area contributed by atoms with Crippen LogP contribution >= 0.6 is 23.5 Å². The second-order valence-corrected chi connectivity index (χ2v) is 8.45. The summed E-state index contributed by atoms with van der Waals surface area (Å²) in [6.07, 6.45) is 0.692. The molecule has 3 unspecified atom stereocenters. The summed E-state index contributed by atoms with van der Waals surface area (Å²) < 4.78 is 0. The van der Waals surface area contributed by atoms with Gasteiger partial charge in [0.2, 0.25) is 0 Å². The van der Waals surface area contributed by atoms with Gasteiger partial charge in [-0.3, -0.25) is 0 Å². The lowest BCUT2D eigenvalue weighted by Crippen LogP contribution is -2.29. The minimum absolute atomic E-state index is 0.187. The van der Waals surface area contributed by atoms with E-state index in [0.29, 0.717) is 29.3 Å². The van der Waals surface area contributed by atoms with Gasteiger partial charge >= 0.3 is 5.97 Å². The summed E-state index contributed by atoms with van der Waals surface area (Å²) in [5.41, 5.74) is 1.87. The van der Waals surface area contributed by atoms with Crippen molar-refractivity contribution in [3.63, 3.8) is 0 Å². The largest absolute Gasteiger partial charge is 0.477 e. The van der Waals surface area contributed by atoms with E-state index in [1.807, 2.05) is 23.5 Å². The van der Waals surface area contributed by atoms with Crippen molar-refractivity contribution in [1.82, 2.24) is 15.3 Å². The third-order valence-electron chi connectivity index (χ3n) is 4.00. The molecule has 1 aromatic rings. The number of hydrogen-bond donors (Lipinski definition) is 2. The van der Waals surface area contributed by atoms with Crippen molar-refractivity contribution in [2.24, 2.45) is 0 Å². The van der Waals surface area contributed by atoms with E-state index in [4.69, 9.17) is 0 Å². The molecule has 0 spiro atoms. The van der Waals surface area contributed by atoms with Crippen LogP contribution in [0.1, 0.15) is 46.7 Å². The van der Waals surface area contributed by atoms with Gasteiger partial charge in [0.25, 0.3) is 0 Å². The Bertz CT molecular complexity index is 567. The van der Waals surface area contributed by atoms with Crippen molar-refractivity contribution in [3.05, 3.63) is 22.8 Å². The maximum Gasteiger partial charge on any atom is 0.354 e. The van der Waals surface area contributed by atoms with Gasteiger partial charge < -0.3 is 10.4 Å². The Morgan fingerprint density at radius 1 is 1.33 bits per heavy atom. The minimum atomic E-state index is -0.938. The van der Waals surface area contributed by atoms with E-state index in [2.05, 4.69) is 29.1 Å². The molecule has 0 saturated carbocycles. The van der Waals surface area contributed by atoms with E-state index in [1.54, 1.807) is 0 Å². The highest BCUT2D eigenvalue weighted by Crippen LogP contribution is 2.43. The summed E-state index contributed by atoms with van der Waals surface area (Å²) in [7, 11) is 0. The van der Waals surface area contributed by atoms with Gasteiger partial charge in [-0.2, -0.15) is 11.8 Å². The van der Waals surface area contributed by atoms with E-state index in [9.17, 15) is 9.90 Å². The molecule has 0 aromatic carbocycles. The normalized spacial score (nSPS) is 29.0. The lowest BCUT2D eigenvalue weighted by molar-refractivity contribution is 0.0688. The summed E-state index contributed by atoms with van der Waals surface area (Å²) in [6.45, 7) is 5.88. The second-order valence-electron chi connectivity index (χ2n) is 5.46. The van der Waals surface area contributed by atoms with Crippen LogP contribution in [0.25, 0.3) is 0 Å². The number of aromatic nitrogens is 2. The quantitative estimate of drug-likeness (QED) is 0.862. The first-order valence-corrected chi connectivity index (χ1v) is 9.16. The molecule has 1 saturated heterocycles. The second kappa shape index (κ2) is 6.14. The van der Waals surface area contributed by atoms with Crippen molar-refractivity contribution in [2.75, 3.05) is 12.3 Å². The number of carboxylic acids is 1. The molecule has 1 fully saturated rings. The monoisotopic (exact) mass is 325 g/mol. The first-order chi connectivity index (χ1) is 10.1. The average molecular weight is 325 g/mol. The maximum absolute atomic E-state index is 11.5. The number of aromatic carboxylic acids is 1. The SMILES string of the molecule is CC1SCC(c2nc3c(c(C(=O)O)n2)CCNC3)SC1C. The fourth-order valence-electron chi connectivity index (χ4n) is 2.62. The Morgan fingerprint density at radius 3 is 2.86 bits per heavy atom. The number of nitrogens with one attached hydrogen (secondary N) is 1. The molecule has 2 aliphatic rings. The third-order valence-corrected chi connectivity index (χ3v) is 7.38. The number of hydrogen-bond acceptors (Lipinski definition) is 6. The lowest BCUT2D eigenvalue weighted by atomic mass is 10.0. The van der Waals surface area contributed by atoms with E-state index in [-0.39, 0.29) is 10.9 Å². The van der Waals surface area contributed by atoms with Crippen molar-refractivity contribution in [2.45, 2.75) is 42.6 Å². The van der Waals surface area contributed by atoms with Gasteiger partial charge in [0.1, 0.15) is 5.82 Å². The van der Waals surface area contributed by atoms with Crippen LogP contribution < -0.4 is 5.32 Å². The van der Waals surface area contributed by atoms with Gasteiger partial charge in [0.15, 0.2) is 5.69 Å². The molecule has 0 aliphatic carbocycles. The maximum atomic E-state index is 11.5. The molecule has 7 heteroatoms. The predicted molar refractivity (Wildman–Crippen MR) is 86.1 cm³/mol. The van der Waals surface area contributed by atoms with Gasteiger partial charge in [-0.25, -0.2) is 14.8 Å². The smallest absolute Gasteiger partial charge is 0.354 e. The first kappa shape index (κ1) is 15.1. The van der Waals surface area contributed by atoms with Gasteiger partial charge in [0.05, 0.1) is 10.9 Å². The zero-order valence-corrected chi connectivity index (χ0v) is 13.8. The summed E-state index contributed by atoms with van der Waals surface area (Å²) >= 11 is 3.78. The van der Waals surface area contributed by atoms with Gasteiger partial charge in [0, 0.05) is 28.4 Å². The number of rotatable bonds is 2. The number of carbonyl (C=O) groups is 1. The molecule has 0 bridgehead atoms. The Hall–Kier alpha value is -0.790. The fraction of sp³-hybridized carbons (Fsp3) is 0.643. The van der Waals surface area contributed by atoms with E-state index in [0.717, 1.165) is 23.6 Å². The van der Waals surface area contributed by atoms with Crippen LogP contribution in [-0.2, 0) is 13.0 Å². The van der Waals surface area contributed by atoms with Crippen molar-refractivity contribution in [3.8, 4) is 0 Å². The molecule has 0 radical (unpaired) electrons.